The van der Waals surface area contributed by atoms with Crippen molar-refractivity contribution in [1.82, 2.24) is 9.97 Å². The van der Waals surface area contributed by atoms with Gasteiger partial charge in [-0.15, -0.1) is 0 Å². The molecule has 2 aromatic rings. The zero-order valence-electron chi connectivity index (χ0n) is 9.39. The maximum Gasteiger partial charge on any atom is 0.257 e. The Labute approximate surface area is 109 Å². The van der Waals surface area contributed by atoms with E-state index in [-0.39, 0.29) is 0 Å². The smallest absolute Gasteiger partial charge is 0.257 e. The van der Waals surface area contributed by atoms with Crippen LogP contribution in [0.5, 0.6) is 11.6 Å². The Bertz CT molecular complexity index is 587. The summed E-state index contributed by atoms with van der Waals surface area (Å²) in [5, 5.41) is 0.492. The molecule has 92 valence electrons. The maximum absolute atomic E-state index is 6.18. The number of pyridine rings is 2. The fourth-order valence-corrected chi connectivity index (χ4v) is 1.95. The average molecular weight is 264 g/mol. The molecule has 0 unspecified atom stereocenters. The molecule has 3 heterocycles. The first kappa shape index (κ1) is 11.1. The van der Waals surface area contributed by atoms with Gasteiger partial charge >= 0.3 is 0 Å². The number of anilines is 1. The Morgan fingerprint density at radius 3 is 2.83 bits per heavy atom. The lowest BCUT2D eigenvalue weighted by molar-refractivity contribution is 0.164. The van der Waals surface area contributed by atoms with E-state index < -0.39 is 0 Å². The van der Waals surface area contributed by atoms with E-state index in [0.29, 0.717) is 41.4 Å². The molecule has 0 atom stereocenters. The molecule has 18 heavy (non-hydrogen) atoms. The number of hydrogen-bond donors (Lipinski definition) is 1. The molecule has 2 aromatic heterocycles. The molecule has 5 nitrogen and oxygen atoms in total. The summed E-state index contributed by atoms with van der Waals surface area (Å²) in [6.07, 6.45) is 1.62. The second-order valence-corrected chi connectivity index (χ2v) is 4.20. The second-order valence-electron chi connectivity index (χ2n) is 3.79. The van der Waals surface area contributed by atoms with E-state index in [2.05, 4.69) is 9.97 Å². The zero-order chi connectivity index (χ0) is 12.5. The highest BCUT2D eigenvalue weighted by molar-refractivity contribution is 6.33. The molecule has 0 fully saturated rings. The summed E-state index contributed by atoms with van der Waals surface area (Å²) in [6.45, 7) is 0.995. The van der Waals surface area contributed by atoms with Gasteiger partial charge in [0.15, 0.2) is 5.75 Å². The number of hydrogen-bond acceptors (Lipinski definition) is 5. The minimum atomic E-state index is 0.451. The Hall–Kier alpha value is -2.01. The van der Waals surface area contributed by atoms with Gasteiger partial charge in [0.2, 0.25) is 0 Å². The van der Waals surface area contributed by atoms with Crippen molar-refractivity contribution >= 4 is 17.4 Å². The quantitative estimate of drug-likeness (QED) is 0.854. The predicted octanol–water partition coefficient (Wildman–Crippen LogP) is 2.15. The zero-order valence-corrected chi connectivity index (χ0v) is 10.1. The summed E-state index contributed by atoms with van der Waals surface area (Å²) in [6, 6.07) is 5.21. The van der Waals surface area contributed by atoms with Gasteiger partial charge in [-0.05, 0) is 12.1 Å². The van der Waals surface area contributed by atoms with Gasteiger partial charge in [-0.1, -0.05) is 11.6 Å². The SMILES string of the molecule is Nc1ccc(-c2nc3c(cc2Cl)OCCO3)cn1. The van der Waals surface area contributed by atoms with Crippen LogP contribution in [-0.4, -0.2) is 23.2 Å². The maximum atomic E-state index is 6.18. The topological polar surface area (TPSA) is 70.3 Å². The third-order valence-corrected chi connectivity index (χ3v) is 2.84. The van der Waals surface area contributed by atoms with Crippen molar-refractivity contribution in [2.24, 2.45) is 0 Å². The third kappa shape index (κ3) is 1.93. The van der Waals surface area contributed by atoms with Gasteiger partial charge < -0.3 is 15.2 Å². The highest BCUT2D eigenvalue weighted by Crippen LogP contribution is 2.36. The Morgan fingerprint density at radius 1 is 1.22 bits per heavy atom. The molecule has 6 heteroatoms. The van der Waals surface area contributed by atoms with Crippen LogP contribution in [-0.2, 0) is 0 Å². The highest BCUT2D eigenvalue weighted by atomic mass is 35.5. The molecule has 3 rings (SSSR count). The predicted molar refractivity (Wildman–Crippen MR) is 67.9 cm³/mol. The van der Waals surface area contributed by atoms with Crippen LogP contribution in [0, 0.1) is 0 Å². The lowest BCUT2D eigenvalue weighted by Gasteiger charge is -2.18. The first-order valence-corrected chi connectivity index (χ1v) is 5.80. The van der Waals surface area contributed by atoms with Gasteiger partial charge in [0.25, 0.3) is 5.88 Å². The van der Waals surface area contributed by atoms with Crippen LogP contribution in [0.3, 0.4) is 0 Å². The molecule has 0 radical (unpaired) electrons. The number of nitrogens with zero attached hydrogens (tertiary/aromatic N) is 2. The average Bonchev–Trinajstić information content (AvgIpc) is 2.39. The van der Waals surface area contributed by atoms with E-state index in [4.69, 9.17) is 26.8 Å². The molecular formula is C12H10ClN3O2. The molecule has 0 spiro atoms. The Morgan fingerprint density at radius 2 is 2.06 bits per heavy atom. The van der Waals surface area contributed by atoms with Crippen LogP contribution in [0.4, 0.5) is 5.82 Å². The lowest BCUT2D eigenvalue weighted by Crippen LogP contribution is -2.16. The number of nitrogens with two attached hydrogens (primary N) is 1. The molecule has 0 aromatic carbocycles. The molecule has 0 aliphatic carbocycles. The van der Waals surface area contributed by atoms with Crippen LogP contribution in [0.15, 0.2) is 24.4 Å². The summed E-state index contributed by atoms with van der Waals surface area (Å²) in [4.78, 5) is 8.37. The standard InChI is InChI=1S/C12H10ClN3O2/c13-8-5-9-12(18-4-3-17-9)16-11(8)7-1-2-10(14)15-6-7/h1-2,5-6H,3-4H2,(H2,14,15). The van der Waals surface area contributed by atoms with Crippen molar-refractivity contribution < 1.29 is 9.47 Å². The molecule has 1 aliphatic heterocycles. The molecule has 0 saturated carbocycles. The van der Waals surface area contributed by atoms with Crippen molar-refractivity contribution in [2.45, 2.75) is 0 Å². The van der Waals surface area contributed by atoms with Gasteiger partial charge in [-0.3, -0.25) is 0 Å². The van der Waals surface area contributed by atoms with E-state index >= 15 is 0 Å². The summed E-state index contributed by atoms with van der Waals surface area (Å²) < 4.78 is 10.8. The van der Waals surface area contributed by atoms with Gasteiger partial charge in [-0.25, -0.2) is 9.97 Å². The first-order valence-electron chi connectivity index (χ1n) is 5.42. The molecule has 0 bridgehead atoms. The molecular weight excluding hydrogens is 254 g/mol. The number of ether oxygens (including phenoxy) is 2. The molecule has 0 saturated heterocycles. The number of fused-ring (bicyclic) bond motifs is 1. The fraction of sp³-hybridized carbons (Fsp3) is 0.167. The largest absolute Gasteiger partial charge is 0.484 e. The monoisotopic (exact) mass is 263 g/mol. The normalized spacial score (nSPS) is 13.4. The van der Waals surface area contributed by atoms with Crippen LogP contribution in [0.1, 0.15) is 0 Å². The third-order valence-electron chi connectivity index (χ3n) is 2.55. The Balaban J connectivity index is 2.09. The summed E-state index contributed by atoms with van der Waals surface area (Å²) in [5.74, 6) is 1.48. The van der Waals surface area contributed by atoms with E-state index in [1.807, 2.05) is 6.07 Å². The summed E-state index contributed by atoms with van der Waals surface area (Å²) in [5.41, 5.74) is 6.93. The summed E-state index contributed by atoms with van der Waals surface area (Å²) >= 11 is 6.18. The van der Waals surface area contributed by atoms with Crippen LogP contribution < -0.4 is 15.2 Å². The van der Waals surface area contributed by atoms with Gasteiger partial charge in [0, 0.05) is 17.8 Å². The first-order chi connectivity index (χ1) is 8.74. The van der Waals surface area contributed by atoms with Crippen LogP contribution in [0.2, 0.25) is 5.02 Å². The second kappa shape index (κ2) is 4.34. The van der Waals surface area contributed by atoms with Crippen LogP contribution in [0.25, 0.3) is 11.3 Å². The minimum Gasteiger partial charge on any atom is -0.484 e. The number of halogens is 1. The van der Waals surface area contributed by atoms with Crippen molar-refractivity contribution in [3.8, 4) is 22.9 Å². The van der Waals surface area contributed by atoms with E-state index in [1.165, 1.54) is 0 Å². The molecule has 1 aliphatic rings. The highest BCUT2D eigenvalue weighted by Gasteiger charge is 2.17. The van der Waals surface area contributed by atoms with Crippen LogP contribution >= 0.6 is 11.6 Å². The fourth-order valence-electron chi connectivity index (χ4n) is 1.70. The van der Waals surface area contributed by atoms with Crippen molar-refractivity contribution in [3.63, 3.8) is 0 Å². The number of rotatable bonds is 1. The number of nitrogen functional groups attached to an aromatic ring is 1. The van der Waals surface area contributed by atoms with Crippen molar-refractivity contribution in [2.75, 3.05) is 18.9 Å². The summed E-state index contributed by atoms with van der Waals surface area (Å²) in [7, 11) is 0. The van der Waals surface area contributed by atoms with E-state index in [9.17, 15) is 0 Å². The van der Waals surface area contributed by atoms with Gasteiger partial charge in [-0.2, -0.15) is 0 Å². The lowest BCUT2D eigenvalue weighted by atomic mass is 10.2. The minimum absolute atomic E-state index is 0.451. The van der Waals surface area contributed by atoms with Crippen molar-refractivity contribution in [1.29, 1.82) is 0 Å². The van der Waals surface area contributed by atoms with Gasteiger partial charge in [0.05, 0.1) is 10.7 Å². The van der Waals surface area contributed by atoms with Crippen molar-refractivity contribution in [3.05, 3.63) is 29.4 Å². The molecule has 2 N–H and O–H groups in total. The van der Waals surface area contributed by atoms with Gasteiger partial charge in [0.1, 0.15) is 19.0 Å². The Kier molecular flexibility index (Phi) is 2.68. The van der Waals surface area contributed by atoms with E-state index in [0.717, 1.165) is 5.56 Å². The molecule has 0 amide bonds. The number of aromatic nitrogens is 2. The van der Waals surface area contributed by atoms with E-state index in [1.54, 1.807) is 18.3 Å².